The first-order chi connectivity index (χ1) is 31.6. The highest BCUT2D eigenvalue weighted by atomic mass is 32.2. The Morgan fingerprint density at radius 2 is 1.00 bits per heavy atom. The minimum atomic E-state index is -3.51. The molecule has 0 spiro atoms. The number of hydrogen-bond acceptors (Lipinski definition) is 8. The van der Waals surface area contributed by atoms with E-state index in [0.717, 1.165) is 154 Å². The number of Topliss-reactive ketones (excluding diaryl/α,β-unsaturated/α-hetero) is 1. The Morgan fingerprint density at radius 1 is 0.585 bits per heavy atom. The molecule has 0 aromatic carbocycles. The van der Waals surface area contributed by atoms with Gasteiger partial charge >= 0.3 is 11.9 Å². The van der Waals surface area contributed by atoms with Crippen molar-refractivity contribution in [2.24, 2.45) is 11.3 Å². The molecule has 65 heavy (non-hydrogen) atoms. The van der Waals surface area contributed by atoms with Crippen LogP contribution in [0.4, 0.5) is 0 Å². The maximum absolute atomic E-state index is 13.1. The normalized spacial score (nSPS) is 17.8. The Kier molecular flexibility index (Phi) is 35.2. The Bertz CT molecular complexity index is 1290. The average Bonchev–Trinajstić information content (AvgIpc) is 3.82. The lowest BCUT2D eigenvalue weighted by atomic mass is 9.85. The molecule has 1 unspecified atom stereocenters. The van der Waals surface area contributed by atoms with Crippen molar-refractivity contribution in [2.45, 2.75) is 290 Å². The molecule has 2 saturated carbocycles. The number of carbonyl (C=O) groups excluding carboxylic acids is 3. The molecule has 2 rings (SSSR count). The molecule has 10 heteroatoms. The van der Waals surface area contributed by atoms with Gasteiger partial charge in [0.25, 0.3) is 0 Å². The number of carbonyl (C=O) groups is 3. The zero-order valence-corrected chi connectivity index (χ0v) is 43.9. The summed E-state index contributed by atoms with van der Waals surface area (Å²) in [5, 5.41) is 0. The summed E-state index contributed by atoms with van der Waals surface area (Å²) in [6.45, 7) is 12.1. The van der Waals surface area contributed by atoms with Crippen LogP contribution in [0, 0.1) is 11.3 Å². The third kappa shape index (κ3) is 29.9. The fourth-order valence-corrected chi connectivity index (χ4v) is 12.2. The molecule has 0 aromatic heterocycles. The summed E-state index contributed by atoms with van der Waals surface area (Å²) in [6, 6.07) is 0. The maximum Gasteiger partial charge on any atom is 0.306 e. The van der Waals surface area contributed by atoms with Crippen LogP contribution in [0.5, 0.6) is 0 Å². The van der Waals surface area contributed by atoms with Gasteiger partial charge in [0.15, 0.2) is 0 Å². The number of rotatable bonds is 47. The van der Waals surface area contributed by atoms with Gasteiger partial charge in [-0.25, -0.2) is 13.1 Å². The van der Waals surface area contributed by atoms with Crippen LogP contribution < -0.4 is 4.72 Å². The van der Waals surface area contributed by atoms with E-state index in [1.807, 2.05) is 0 Å². The summed E-state index contributed by atoms with van der Waals surface area (Å²) in [7, 11) is -3.51. The zero-order chi connectivity index (χ0) is 47.3. The number of nitrogens with zero attached hydrogens (tertiary/aromatic N) is 1. The summed E-state index contributed by atoms with van der Waals surface area (Å²) in [5.41, 5.74) is -0.642. The molecule has 3 atom stereocenters. The molecule has 2 fully saturated rings. The largest absolute Gasteiger partial charge is 0.462 e. The van der Waals surface area contributed by atoms with Gasteiger partial charge in [0.2, 0.25) is 10.0 Å². The highest BCUT2D eigenvalue weighted by molar-refractivity contribution is 7.89. The second-order valence-electron chi connectivity index (χ2n) is 20.7. The second kappa shape index (κ2) is 38.3. The molecule has 0 aliphatic heterocycles. The van der Waals surface area contributed by atoms with Crippen LogP contribution in [0.15, 0.2) is 0 Å². The Morgan fingerprint density at radius 3 is 1.45 bits per heavy atom. The molecule has 0 radical (unpaired) electrons. The van der Waals surface area contributed by atoms with Gasteiger partial charge in [-0.3, -0.25) is 14.4 Å². The molecule has 2 aliphatic carbocycles. The lowest BCUT2D eigenvalue weighted by Crippen LogP contribution is -2.40. The lowest BCUT2D eigenvalue weighted by Gasteiger charge is -2.25. The molecule has 0 aromatic rings. The molecular weight excluding hydrogens is 833 g/mol. The van der Waals surface area contributed by atoms with Crippen molar-refractivity contribution in [3.05, 3.63) is 0 Å². The number of hydrogen-bond donors (Lipinski definition) is 1. The zero-order valence-electron chi connectivity index (χ0n) is 43.1. The molecule has 382 valence electrons. The molecule has 2 bridgehead atoms. The number of fused-ring (bicyclic) bond motifs is 2. The van der Waals surface area contributed by atoms with Crippen molar-refractivity contribution >= 4 is 27.7 Å². The Labute approximate surface area is 401 Å². The maximum atomic E-state index is 13.1. The average molecular weight is 938 g/mol. The number of unbranched alkanes of at least 4 members (excludes halogenated alkanes) is 23. The lowest BCUT2D eigenvalue weighted by molar-refractivity contribution is -0.150. The van der Waals surface area contributed by atoms with Crippen molar-refractivity contribution in [1.29, 1.82) is 0 Å². The predicted molar refractivity (Wildman–Crippen MR) is 272 cm³/mol. The summed E-state index contributed by atoms with van der Waals surface area (Å²) < 4.78 is 40.9. The summed E-state index contributed by atoms with van der Waals surface area (Å²) in [4.78, 5) is 40.6. The number of sulfonamides is 1. The molecule has 1 N–H and O–H groups in total. The predicted octanol–water partition coefficient (Wildman–Crippen LogP) is 14.5. The van der Waals surface area contributed by atoms with E-state index in [1.165, 1.54) is 96.3 Å². The molecule has 0 saturated heterocycles. The second-order valence-corrected chi connectivity index (χ2v) is 22.5. The van der Waals surface area contributed by atoms with Crippen LogP contribution in [0.1, 0.15) is 278 Å². The molecule has 2 aliphatic rings. The van der Waals surface area contributed by atoms with E-state index in [9.17, 15) is 22.8 Å². The van der Waals surface area contributed by atoms with Crippen LogP contribution in [0.2, 0.25) is 0 Å². The Hall–Kier alpha value is -1.52. The SMILES string of the molecule is CCCCCCCCC(CC)OC(=O)CCCCCCCN(CCCCCCCC(=O)OC(CCCCCCCC)CCCCCCCC)CCCNS(=O)(=O)C[C@]12CC[C@@H](CC1=O)C2. The number of nitrogens with one attached hydrogen (secondary N) is 1. The molecular formula is C55H104N2O7S. The van der Waals surface area contributed by atoms with Crippen molar-refractivity contribution in [3.63, 3.8) is 0 Å². The smallest absolute Gasteiger partial charge is 0.306 e. The quantitative estimate of drug-likeness (QED) is 0.0473. The fourth-order valence-electron chi connectivity index (χ4n) is 10.5. The van der Waals surface area contributed by atoms with Crippen LogP contribution in [0.25, 0.3) is 0 Å². The number of ether oxygens (including phenoxy) is 2. The summed E-state index contributed by atoms with van der Waals surface area (Å²) >= 11 is 0. The van der Waals surface area contributed by atoms with Gasteiger partial charge in [-0.1, -0.05) is 163 Å². The van der Waals surface area contributed by atoms with Crippen molar-refractivity contribution in [1.82, 2.24) is 9.62 Å². The van der Waals surface area contributed by atoms with Crippen molar-refractivity contribution in [2.75, 3.05) is 31.9 Å². The summed E-state index contributed by atoms with van der Waals surface area (Å²) in [6.07, 6.45) is 41.9. The fraction of sp³-hybridized carbons (Fsp3) is 0.945. The molecule has 0 heterocycles. The third-order valence-electron chi connectivity index (χ3n) is 14.6. The Balaban J connectivity index is 1.72. The van der Waals surface area contributed by atoms with E-state index in [4.69, 9.17) is 9.47 Å². The monoisotopic (exact) mass is 937 g/mol. The number of ketones is 1. The first kappa shape index (κ1) is 59.6. The van der Waals surface area contributed by atoms with Gasteiger partial charge in [-0.15, -0.1) is 0 Å². The van der Waals surface area contributed by atoms with Crippen molar-refractivity contribution in [3.8, 4) is 0 Å². The van der Waals surface area contributed by atoms with E-state index in [-0.39, 0.29) is 35.7 Å². The topological polar surface area (TPSA) is 119 Å². The van der Waals surface area contributed by atoms with Crippen LogP contribution in [-0.4, -0.2) is 75.2 Å². The van der Waals surface area contributed by atoms with E-state index in [1.54, 1.807) is 0 Å². The van der Waals surface area contributed by atoms with E-state index >= 15 is 0 Å². The van der Waals surface area contributed by atoms with Gasteiger partial charge in [-0.05, 0) is 122 Å². The minimum Gasteiger partial charge on any atom is -0.462 e. The minimum absolute atomic E-state index is 0.0143. The molecule has 9 nitrogen and oxygen atoms in total. The number of esters is 2. The van der Waals surface area contributed by atoms with Crippen LogP contribution in [-0.2, 0) is 33.9 Å². The first-order valence-electron chi connectivity index (χ1n) is 28.2. The first-order valence-corrected chi connectivity index (χ1v) is 29.8. The standard InChI is InChI=1S/C55H104N2O7S/c1-5-9-12-15-20-27-35-50(8-4)63-53(59)38-30-23-18-25-32-43-57(45-34-42-56-65(61,62)48-55-41-40-49(47-55)46-52(55)58)44-33-26-19-24-31-39-54(60)64-51(36-28-21-16-13-10-6-2)37-29-22-17-14-11-7-3/h49-51,56H,5-48H2,1-4H3/t49-,50?,55+/m0/s1. The third-order valence-corrected chi connectivity index (χ3v) is 16.2. The van der Waals surface area contributed by atoms with Gasteiger partial charge < -0.3 is 14.4 Å². The van der Waals surface area contributed by atoms with Gasteiger partial charge in [0, 0.05) is 31.2 Å². The highest BCUT2D eigenvalue weighted by Gasteiger charge is 2.53. The van der Waals surface area contributed by atoms with E-state index < -0.39 is 15.4 Å². The van der Waals surface area contributed by atoms with E-state index in [2.05, 4.69) is 37.3 Å². The highest BCUT2D eigenvalue weighted by Crippen LogP contribution is 2.52. The van der Waals surface area contributed by atoms with Gasteiger partial charge in [-0.2, -0.15) is 0 Å². The van der Waals surface area contributed by atoms with Gasteiger partial charge in [0.05, 0.1) is 5.75 Å². The van der Waals surface area contributed by atoms with Crippen molar-refractivity contribution < 1.29 is 32.3 Å². The van der Waals surface area contributed by atoms with Crippen LogP contribution >= 0.6 is 0 Å². The summed E-state index contributed by atoms with van der Waals surface area (Å²) in [5.74, 6) is 0.429. The van der Waals surface area contributed by atoms with E-state index in [0.29, 0.717) is 31.7 Å². The van der Waals surface area contributed by atoms with Crippen LogP contribution in [0.3, 0.4) is 0 Å². The van der Waals surface area contributed by atoms with Gasteiger partial charge in [0.1, 0.15) is 18.0 Å². The molecule has 0 amide bonds.